The first-order valence-electron chi connectivity index (χ1n) is 6.60. The molecule has 0 atom stereocenters. The molecule has 0 aliphatic rings. The van der Waals surface area contributed by atoms with E-state index in [-0.39, 0.29) is 12.5 Å². The molecule has 0 fully saturated rings. The lowest BCUT2D eigenvalue weighted by molar-refractivity contribution is -0.115. The minimum atomic E-state index is -0.182. The van der Waals surface area contributed by atoms with Gasteiger partial charge in [0, 0.05) is 35.3 Å². The number of hydrogen-bond acceptors (Lipinski definition) is 4. The summed E-state index contributed by atoms with van der Waals surface area (Å²) in [6.45, 7) is 1.35. The van der Waals surface area contributed by atoms with Crippen molar-refractivity contribution >= 4 is 34.9 Å². The molecule has 1 amide bonds. The van der Waals surface area contributed by atoms with E-state index in [4.69, 9.17) is 27.9 Å². The Bertz CT molecular complexity index is 625. The number of nitrogens with one attached hydrogen (secondary N) is 3. The Kier molecular flexibility index (Phi) is 6.21. The molecule has 1 aromatic carbocycles. The summed E-state index contributed by atoms with van der Waals surface area (Å²) in [5.41, 5.74) is 1.51. The van der Waals surface area contributed by atoms with Gasteiger partial charge in [-0.2, -0.15) is 5.10 Å². The summed E-state index contributed by atoms with van der Waals surface area (Å²) in [5, 5.41) is 13.6. The predicted octanol–water partition coefficient (Wildman–Crippen LogP) is 2.56. The van der Waals surface area contributed by atoms with Gasteiger partial charge in [-0.05, 0) is 18.2 Å². The lowest BCUT2D eigenvalue weighted by Gasteiger charge is -2.03. The number of ether oxygens (including phenoxy) is 1. The van der Waals surface area contributed by atoms with Gasteiger partial charge < -0.3 is 15.4 Å². The van der Waals surface area contributed by atoms with Gasteiger partial charge in [-0.25, -0.2) is 0 Å². The normalized spacial score (nSPS) is 10.7. The fraction of sp³-hybridized carbons (Fsp3) is 0.286. The molecule has 118 valence electrons. The van der Waals surface area contributed by atoms with Crippen molar-refractivity contribution in [3.05, 3.63) is 34.3 Å². The maximum absolute atomic E-state index is 11.7. The molecule has 3 N–H and O–H groups in total. The molecule has 6 nitrogen and oxygen atoms in total. The number of carbonyl (C=O) groups is 1. The van der Waals surface area contributed by atoms with Crippen LogP contribution in [0.1, 0.15) is 0 Å². The average Bonchev–Trinajstić information content (AvgIpc) is 2.91. The molecule has 0 saturated heterocycles. The third kappa shape index (κ3) is 4.99. The molecular weight excluding hydrogens is 327 g/mol. The minimum absolute atomic E-state index is 0.182. The number of nitrogens with zero attached hydrogens (tertiary/aromatic N) is 1. The first-order chi connectivity index (χ1) is 10.6. The molecule has 0 aliphatic heterocycles. The zero-order valence-corrected chi connectivity index (χ0v) is 13.5. The predicted molar refractivity (Wildman–Crippen MR) is 87.4 cm³/mol. The van der Waals surface area contributed by atoms with Crippen molar-refractivity contribution in [3.63, 3.8) is 0 Å². The summed E-state index contributed by atoms with van der Waals surface area (Å²) in [6.07, 6.45) is 0. The van der Waals surface area contributed by atoms with Gasteiger partial charge in [0.25, 0.3) is 0 Å². The Hall–Kier alpha value is -1.60. The maximum Gasteiger partial charge on any atom is 0.239 e. The number of anilines is 1. The molecule has 1 aromatic heterocycles. The molecule has 2 aromatic rings. The van der Waals surface area contributed by atoms with E-state index >= 15 is 0 Å². The zero-order valence-electron chi connectivity index (χ0n) is 12.0. The van der Waals surface area contributed by atoms with E-state index in [2.05, 4.69) is 20.8 Å². The van der Waals surface area contributed by atoms with E-state index in [0.717, 1.165) is 5.56 Å². The number of rotatable bonds is 7. The Morgan fingerprint density at radius 1 is 1.27 bits per heavy atom. The van der Waals surface area contributed by atoms with Crippen LogP contribution in [0.3, 0.4) is 0 Å². The third-order valence-corrected chi connectivity index (χ3v) is 3.22. The summed E-state index contributed by atoms with van der Waals surface area (Å²) in [4.78, 5) is 11.7. The van der Waals surface area contributed by atoms with E-state index in [0.29, 0.717) is 34.7 Å². The summed E-state index contributed by atoms with van der Waals surface area (Å²) in [6, 6.07) is 6.89. The van der Waals surface area contributed by atoms with Crippen LogP contribution < -0.4 is 10.6 Å². The Balaban J connectivity index is 1.95. The van der Waals surface area contributed by atoms with E-state index in [9.17, 15) is 4.79 Å². The first-order valence-corrected chi connectivity index (χ1v) is 7.35. The molecule has 0 aliphatic carbocycles. The second-order valence-corrected chi connectivity index (χ2v) is 5.42. The van der Waals surface area contributed by atoms with Crippen molar-refractivity contribution in [1.29, 1.82) is 0 Å². The second-order valence-electron chi connectivity index (χ2n) is 4.54. The molecule has 22 heavy (non-hydrogen) atoms. The van der Waals surface area contributed by atoms with Gasteiger partial charge >= 0.3 is 0 Å². The molecule has 0 spiro atoms. The number of hydrogen-bond donors (Lipinski definition) is 3. The van der Waals surface area contributed by atoms with Gasteiger partial charge in [0.1, 0.15) is 0 Å². The highest BCUT2D eigenvalue weighted by Gasteiger charge is 2.08. The van der Waals surface area contributed by atoms with Crippen LogP contribution in [0.2, 0.25) is 10.0 Å². The fourth-order valence-electron chi connectivity index (χ4n) is 1.81. The van der Waals surface area contributed by atoms with Gasteiger partial charge in [0.2, 0.25) is 5.91 Å². The molecular formula is C14H16Cl2N4O2. The molecule has 0 radical (unpaired) electrons. The van der Waals surface area contributed by atoms with E-state index in [1.165, 1.54) is 0 Å². The third-order valence-electron chi connectivity index (χ3n) is 2.79. The van der Waals surface area contributed by atoms with Crippen LogP contribution in [0.15, 0.2) is 24.3 Å². The monoisotopic (exact) mass is 342 g/mol. The molecule has 1 heterocycles. The van der Waals surface area contributed by atoms with E-state index in [1.807, 2.05) is 0 Å². The fourth-order valence-corrected chi connectivity index (χ4v) is 2.33. The Morgan fingerprint density at radius 3 is 2.68 bits per heavy atom. The Labute approximate surface area is 138 Å². The molecule has 0 unspecified atom stereocenters. The van der Waals surface area contributed by atoms with Crippen molar-refractivity contribution in [2.24, 2.45) is 0 Å². The first kappa shape index (κ1) is 16.8. The minimum Gasteiger partial charge on any atom is -0.383 e. The van der Waals surface area contributed by atoms with Gasteiger partial charge in [0.15, 0.2) is 5.82 Å². The maximum atomic E-state index is 11.7. The van der Waals surface area contributed by atoms with Crippen LogP contribution in [-0.2, 0) is 9.53 Å². The van der Waals surface area contributed by atoms with Crippen LogP contribution in [0.5, 0.6) is 0 Å². The van der Waals surface area contributed by atoms with Gasteiger partial charge in [0.05, 0.1) is 18.8 Å². The Morgan fingerprint density at radius 2 is 2.00 bits per heavy atom. The number of carbonyl (C=O) groups excluding carboxylic acids is 1. The lowest BCUT2D eigenvalue weighted by atomic mass is 10.1. The van der Waals surface area contributed by atoms with Crippen molar-refractivity contribution in [2.45, 2.75) is 0 Å². The smallest absolute Gasteiger partial charge is 0.239 e. The lowest BCUT2D eigenvalue weighted by Crippen LogP contribution is -2.30. The van der Waals surface area contributed by atoms with Crippen molar-refractivity contribution in [1.82, 2.24) is 15.5 Å². The number of halogens is 2. The van der Waals surface area contributed by atoms with Crippen molar-refractivity contribution in [3.8, 4) is 11.3 Å². The standard InChI is InChI=1S/C14H16Cl2N4O2/c1-22-3-2-17-8-14(21)18-13-7-12(19-20-13)9-4-10(15)6-11(16)5-9/h4-7,17H,2-3,8H2,1H3,(H2,18,19,20,21). The SMILES string of the molecule is COCCNCC(=O)Nc1cc(-c2cc(Cl)cc(Cl)c2)[nH]n1. The van der Waals surface area contributed by atoms with Crippen LogP contribution in [0, 0.1) is 0 Å². The molecule has 2 rings (SSSR count). The number of amides is 1. The highest BCUT2D eigenvalue weighted by atomic mass is 35.5. The van der Waals surface area contributed by atoms with Crippen molar-refractivity contribution < 1.29 is 9.53 Å². The van der Waals surface area contributed by atoms with Crippen LogP contribution >= 0.6 is 23.2 Å². The van der Waals surface area contributed by atoms with E-state index < -0.39 is 0 Å². The van der Waals surface area contributed by atoms with Crippen molar-refractivity contribution in [2.75, 3.05) is 32.1 Å². The molecule has 0 saturated carbocycles. The van der Waals surface area contributed by atoms with Gasteiger partial charge in [-0.3, -0.25) is 9.89 Å². The number of aromatic amines is 1. The number of aromatic nitrogens is 2. The summed E-state index contributed by atoms with van der Waals surface area (Å²) in [7, 11) is 1.61. The van der Waals surface area contributed by atoms with Gasteiger partial charge in [-0.1, -0.05) is 23.2 Å². The van der Waals surface area contributed by atoms with Crippen LogP contribution in [0.4, 0.5) is 5.82 Å². The van der Waals surface area contributed by atoms with Gasteiger partial charge in [-0.15, -0.1) is 0 Å². The molecule has 8 heteroatoms. The molecule has 0 bridgehead atoms. The summed E-state index contributed by atoms with van der Waals surface area (Å²) >= 11 is 11.9. The topological polar surface area (TPSA) is 79.0 Å². The number of H-pyrrole nitrogens is 1. The summed E-state index contributed by atoms with van der Waals surface area (Å²) < 4.78 is 4.88. The quantitative estimate of drug-likeness (QED) is 0.675. The highest BCUT2D eigenvalue weighted by molar-refractivity contribution is 6.35. The summed E-state index contributed by atoms with van der Waals surface area (Å²) in [5.74, 6) is 0.253. The number of methoxy groups -OCH3 is 1. The van der Waals surface area contributed by atoms with E-state index in [1.54, 1.807) is 31.4 Å². The highest BCUT2D eigenvalue weighted by Crippen LogP contribution is 2.27. The second kappa shape index (κ2) is 8.14. The van der Waals surface area contributed by atoms with Crippen LogP contribution in [0.25, 0.3) is 11.3 Å². The largest absolute Gasteiger partial charge is 0.383 e. The van der Waals surface area contributed by atoms with Crippen LogP contribution in [-0.4, -0.2) is 42.9 Å². The average molecular weight is 343 g/mol. The number of benzene rings is 1. The zero-order chi connectivity index (χ0) is 15.9.